The van der Waals surface area contributed by atoms with E-state index in [0.29, 0.717) is 0 Å². The Labute approximate surface area is 311 Å². The lowest BCUT2D eigenvalue weighted by Crippen LogP contribution is -2.18. The molecule has 260 valence electrons. The number of imidazole rings is 1. The fourth-order valence-corrected chi connectivity index (χ4v) is 8.62. The molecule has 0 bridgehead atoms. The van der Waals surface area contributed by atoms with Crippen LogP contribution in [0.15, 0.2) is 132 Å². The fourth-order valence-electron chi connectivity index (χ4n) is 8.62. The standard InChI is InChI=1S/C49H43N3O/c1-31(2)41-27-36(35-21-19-34(20-22-35)33-13-6-5-7-14-33)28-42(32(3)4)46(41)52-44-18-9-8-17-43(44)51-48(52)40-16-12-15-39-38-24-23-37(29-45(38)53-47(39)40)49(30-50)25-10-11-26-49/h5-9,12-24,27-29,31-32H,10-11,25-26H2,1-4H3. The van der Waals surface area contributed by atoms with Gasteiger partial charge in [0.05, 0.1) is 33.8 Å². The number of nitrogens with zero attached hydrogens (tertiary/aromatic N) is 3. The lowest BCUT2D eigenvalue weighted by atomic mass is 9.80. The van der Waals surface area contributed by atoms with Crippen molar-refractivity contribution in [3.63, 3.8) is 0 Å². The van der Waals surface area contributed by atoms with Gasteiger partial charge in [-0.1, -0.05) is 132 Å². The summed E-state index contributed by atoms with van der Waals surface area (Å²) in [5.74, 6) is 1.37. The molecule has 6 aromatic carbocycles. The van der Waals surface area contributed by atoms with Gasteiger partial charge >= 0.3 is 0 Å². The monoisotopic (exact) mass is 689 g/mol. The maximum Gasteiger partial charge on any atom is 0.149 e. The smallest absolute Gasteiger partial charge is 0.149 e. The topological polar surface area (TPSA) is 54.8 Å². The van der Waals surface area contributed by atoms with Crippen LogP contribution in [-0.4, -0.2) is 9.55 Å². The molecule has 0 unspecified atom stereocenters. The number of hydrogen-bond donors (Lipinski definition) is 0. The molecule has 8 aromatic rings. The van der Waals surface area contributed by atoms with Crippen LogP contribution in [0.2, 0.25) is 0 Å². The first-order valence-corrected chi connectivity index (χ1v) is 19.0. The van der Waals surface area contributed by atoms with Crippen molar-refractivity contribution in [2.75, 3.05) is 0 Å². The molecule has 1 aliphatic rings. The molecular weight excluding hydrogens is 647 g/mol. The number of benzene rings is 6. The second-order valence-corrected chi connectivity index (χ2v) is 15.4. The van der Waals surface area contributed by atoms with E-state index in [1.807, 2.05) is 0 Å². The minimum absolute atomic E-state index is 0.253. The molecule has 2 aromatic heterocycles. The fraction of sp³-hybridized carbons (Fsp3) is 0.224. The van der Waals surface area contributed by atoms with Crippen LogP contribution < -0.4 is 0 Å². The van der Waals surface area contributed by atoms with Crippen molar-refractivity contribution in [2.24, 2.45) is 0 Å². The van der Waals surface area contributed by atoms with E-state index in [9.17, 15) is 5.26 Å². The molecule has 2 heterocycles. The molecule has 0 saturated heterocycles. The second kappa shape index (κ2) is 12.9. The van der Waals surface area contributed by atoms with E-state index < -0.39 is 5.41 Å². The molecule has 53 heavy (non-hydrogen) atoms. The number of para-hydroxylation sites is 3. The predicted octanol–water partition coefficient (Wildman–Crippen LogP) is 13.5. The summed E-state index contributed by atoms with van der Waals surface area (Å²) in [4.78, 5) is 5.36. The summed E-state index contributed by atoms with van der Waals surface area (Å²) < 4.78 is 9.21. The molecule has 1 fully saturated rings. The van der Waals surface area contributed by atoms with Gasteiger partial charge in [0, 0.05) is 10.8 Å². The Morgan fingerprint density at radius 3 is 1.98 bits per heavy atom. The Bertz CT molecular complexity index is 2650. The summed E-state index contributed by atoms with van der Waals surface area (Å²) in [6.07, 6.45) is 3.98. The van der Waals surface area contributed by atoms with Gasteiger partial charge < -0.3 is 4.42 Å². The van der Waals surface area contributed by atoms with E-state index in [1.165, 1.54) is 39.1 Å². The second-order valence-electron chi connectivity index (χ2n) is 15.4. The summed E-state index contributed by atoms with van der Waals surface area (Å²) >= 11 is 0. The van der Waals surface area contributed by atoms with E-state index in [2.05, 4.69) is 166 Å². The third-order valence-electron chi connectivity index (χ3n) is 11.5. The van der Waals surface area contributed by atoms with Crippen LogP contribution >= 0.6 is 0 Å². The van der Waals surface area contributed by atoms with Crippen molar-refractivity contribution >= 4 is 33.0 Å². The van der Waals surface area contributed by atoms with Crippen molar-refractivity contribution in [3.05, 3.63) is 144 Å². The zero-order valence-corrected chi connectivity index (χ0v) is 30.9. The van der Waals surface area contributed by atoms with Crippen LogP contribution in [0.1, 0.15) is 81.9 Å². The van der Waals surface area contributed by atoms with Crippen LogP contribution in [0.5, 0.6) is 0 Å². The summed E-state index contributed by atoms with van der Waals surface area (Å²) in [7, 11) is 0. The molecule has 1 aliphatic carbocycles. The normalized spacial score (nSPS) is 14.2. The SMILES string of the molecule is CC(C)c1cc(-c2ccc(-c3ccccc3)cc2)cc(C(C)C)c1-n1c(-c2cccc3c2oc2cc(C4(C#N)CCCC4)ccc23)nc2ccccc21. The maximum absolute atomic E-state index is 10.2. The minimum atomic E-state index is -0.430. The number of furan rings is 1. The Morgan fingerprint density at radius 2 is 1.30 bits per heavy atom. The predicted molar refractivity (Wildman–Crippen MR) is 219 cm³/mol. The first-order chi connectivity index (χ1) is 25.8. The Balaban J connectivity index is 1.25. The summed E-state index contributed by atoms with van der Waals surface area (Å²) in [5, 5.41) is 12.4. The van der Waals surface area contributed by atoms with Crippen molar-refractivity contribution in [1.29, 1.82) is 5.26 Å². The molecular formula is C49H43N3O. The number of fused-ring (bicyclic) bond motifs is 4. The van der Waals surface area contributed by atoms with Gasteiger partial charge in [-0.3, -0.25) is 4.57 Å². The van der Waals surface area contributed by atoms with Crippen LogP contribution in [0, 0.1) is 11.3 Å². The first-order valence-electron chi connectivity index (χ1n) is 19.0. The van der Waals surface area contributed by atoms with Crippen LogP contribution in [0.4, 0.5) is 0 Å². The van der Waals surface area contributed by atoms with E-state index in [0.717, 1.165) is 75.6 Å². The highest BCUT2D eigenvalue weighted by Gasteiger charge is 2.36. The number of nitriles is 1. The molecule has 0 N–H and O–H groups in total. The van der Waals surface area contributed by atoms with Gasteiger partial charge in [0.2, 0.25) is 0 Å². The third-order valence-corrected chi connectivity index (χ3v) is 11.5. The lowest BCUT2D eigenvalue weighted by molar-refractivity contribution is 0.571. The van der Waals surface area contributed by atoms with E-state index in [1.54, 1.807) is 0 Å². The van der Waals surface area contributed by atoms with Crippen LogP contribution in [-0.2, 0) is 5.41 Å². The molecule has 0 radical (unpaired) electrons. The molecule has 4 nitrogen and oxygen atoms in total. The van der Waals surface area contributed by atoms with E-state index in [4.69, 9.17) is 9.40 Å². The lowest BCUT2D eigenvalue weighted by Gasteiger charge is -2.24. The zero-order valence-electron chi connectivity index (χ0n) is 30.9. The Kier molecular flexibility index (Phi) is 8.04. The van der Waals surface area contributed by atoms with Gasteiger partial charge in [0.25, 0.3) is 0 Å². The summed E-state index contributed by atoms with van der Waals surface area (Å²) in [5.41, 5.74) is 13.9. The van der Waals surface area contributed by atoms with Gasteiger partial charge in [-0.05, 0) is 100 Å². The van der Waals surface area contributed by atoms with Crippen molar-refractivity contribution < 1.29 is 4.42 Å². The van der Waals surface area contributed by atoms with Crippen LogP contribution in [0.25, 0.3) is 72.3 Å². The van der Waals surface area contributed by atoms with Gasteiger partial charge in [0.1, 0.15) is 17.0 Å². The van der Waals surface area contributed by atoms with Gasteiger partial charge in [0.15, 0.2) is 0 Å². The highest BCUT2D eigenvalue weighted by molar-refractivity contribution is 6.09. The molecule has 0 spiro atoms. The summed E-state index contributed by atoms with van der Waals surface area (Å²) in [6, 6.07) is 48.3. The Hall–Kier alpha value is -5.92. The molecule has 0 amide bonds. The average Bonchev–Trinajstić information content (AvgIpc) is 3.93. The van der Waals surface area contributed by atoms with Crippen molar-refractivity contribution in [1.82, 2.24) is 9.55 Å². The highest BCUT2D eigenvalue weighted by atomic mass is 16.3. The highest BCUT2D eigenvalue weighted by Crippen LogP contribution is 2.45. The molecule has 1 saturated carbocycles. The van der Waals surface area contributed by atoms with E-state index >= 15 is 0 Å². The molecule has 0 aliphatic heterocycles. The van der Waals surface area contributed by atoms with Crippen molar-refractivity contribution in [3.8, 4) is 45.4 Å². The zero-order chi connectivity index (χ0) is 36.3. The number of hydrogen-bond acceptors (Lipinski definition) is 3. The van der Waals surface area contributed by atoms with Crippen molar-refractivity contribution in [2.45, 2.75) is 70.6 Å². The number of rotatable bonds is 7. The largest absolute Gasteiger partial charge is 0.455 e. The van der Waals surface area contributed by atoms with E-state index in [-0.39, 0.29) is 11.8 Å². The molecule has 0 atom stereocenters. The Morgan fingerprint density at radius 1 is 0.660 bits per heavy atom. The van der Waals surface area contributed by atoms with Gasteiger partial charge in [-0.25, -0.2) is 4.98 Å². The number of aromatic nitrogens is 2. The third kappa shape index (κ3) is 5.46. The maximum atomic E-state index is 10.2. The minimum Gasteiger partial charge on any atom is -0.455 e. The average molecular weight is 690 g/mol. The summed E-state index contributed by atoms with van der Waals surface area (Å²) in [6.45, 7) is 9.17. The quantitative estimate of drug-likeness (QED) is 0.167. The van der Waals surface area contributed by atoms with Gasteiger partial charge in [-0.2, -0.15) is 5.26 Å². The first kappa shape index (κ1) is 33.0. The van der Waals surface area contributed by atoms with Gasteiger partial charge in [-0.15, -0.1) is 0 Å². The van der Waals surface area contributed by atoms with Crippen LogP contribution in [0.3, 0.4) is 0 Å². The molecule has 4 heteroatoms. The molecule has 9 rings (SSSR count).